The summed E-state index contributed by atoms with van der Waals surface area (Å²) >= 11 is 5.90. The van der Waals surface area contributed by atoms with E-state index in [0.29, 0.717) is 0 Å². The molecule has 104 valence electrons. The van der Waals surface area contributed by atoms with Gasteiger partial charge in [0, 0.05) is 10.7 Å². The number of aliphatic imine (C=N–C) groups is 1. The highest BCUT2D eigenvalue weighted by atomic mass is 35.5. The number of methoxy groups -OCH3 is 1. The van der Waals surface area contributed by atoms with Crippen molar-refractivity contribution in [3.63, 3.8) is 0 Å². The zero-order valence-electron chi connectivity index (χ0n) is 12.2. The van der Waals surface area contributed by atoms with Crippen molar-refractivity contribution in [3.05, 3.63) is 58.1 Å². The van der Waals surface area contributed by atoms with Gasteiger partial charge in [0.2, 0.25) is 0 Å². The standard InChI is InChI=1S/C17H18ClNO/c1-11-9-16(10-12(2)17(11)20-4)19-13(3)14-5-7-15(18)8-6-14/h5-10H,1-4H3. The lowest BCUT2D eigenvalue weighted by atomic mass is 10.1. The number of benzene rings is 2. The van der Waals surface area contributed by atoms with Crippen molar-refractivity contribution in [2.75, 3.05) is 7.11 Å². The van der Waals surface area contributed by atoms with Gasteiger partial charge in [0.25, 0.3) is 0 Å². The highest BCUT2D eigenvalue weighted by Crippen LogP contribution is 2.28. The second kappa shape index (κ2) is 6.10. The third-order valence-electron chi connectivity index (χ3n) is 3.21. The van der Waals surface area contributed by atoms with Crippen LogP contribution in [0.5, 0.6) is 5.75 Å². The van der Waals surface area contributed by atoms with E-state index in [9.17, 15) is 0 Å². The van der Waals surface area contributed by atoms with Crippen LogP contribution in [0.2, 0.25) is 5.02 Å². The van der Waals surface area contributed by atoms with Crippen LogP contribution in [0.3, 0.4) is 0 Å². The van der Waals surface area contributed by atoms with Crippen LogP contribution in [-0.4, -0.2) is 12.8 Å². The number of halogens is 1. The van der Waals surface area contributed by atoms with Crippen LogP contribution in [0.4, 0.5) is 5.69 Å². The zero-order valence-corrected chi connectivity index (χ0v) is 13.0. The first-order valence-electron chi connectivity index (χ1n) is 6.47. The number of rotatable bonds is 3. The van der Waals surface area contributed by atoms with Crippen molar-refractivity contribution >= 4 is 23.0 Å². The molecule has 0 unspecified atom stereocenters. The molecule has 0 aliphatic carbocycles. The smallest absolute Gasteiger partial charge is 0.124 e. The molecule has 0 spiro atoms. The second-order valence-electron chi connectivity index (χ2n) is 4.82. The Labute approximate surface area is 125 Å². The van der Waals surface area contributed by atoms with E-state index in [1.807, 2.05) is 57.2 Å². The van der Waals surface area contributed by atoms with Crippen molar-refractivity contribution in [1.82, 2.24) is 0 Å². The van der Waals surface area contributed by atoms with E-state index in [1.54, 1.807) is 7.11 Å². The van der Waals surface area contributed by atoms with Crippen LogP contribution in [0, 0.1) is 13.8 Å². The maximum atomic E-state index is 5.90. The third-order valence-corrected chi connectivity index (χ3v) is 3.46. The summed E-state index contributed by atoms with van der Waals surface area (Å²) in [6, 6.07) is 11.8. The minimum Gasteiger partial charge on any atom is -0.496 e. The van der Waals surface area contributed by atoms with E-state index in [-0.39, 0.29) is 0 Å². The molecule has 2 nitrogen and oxygen atoms in total. The molecule has 0 atom stereocenters. The third kappa shape index (κ3) is 3.20. The average molecular weight is 288 g/mol. The van der Waals surface area contributed by atoms with E-state index in [4.69, 9.17) is 16.3 Å². The molecule has 2 aromatic rings. The summed E-state index contributed by atoms with van der Waals surface area (Å²) in [6.07, 6.45) is 0. The van der Waals surface area contributed by atoms with Gasteiger partial charge in [-0.1, -0.05) is 23.7 Å². The fourth-order valence-corrected chi connectivity index (χ4v) is 2.39. The first-order chi connectivity index (χ1) is 9.51. The van der Waals surface area contributed by atoms with Gasteiger partial charge in [0.05, 0.1) is 12.8 Å². The molecular weight excluding hydrogens is 270 g/mol. The Hall–Kier alpha value is -1.80. The van der Waals surface area contributed by atoms with Gasteiger partial charge < -0.3 is 4.74 Å². The molecule has 0 aliphatic heterocycles. The van der Waals surface area contributed by atoms with E-state index >= 15 is 0 Å². The second-order valence-corrected chi connectivity index (χ2v) is 5.25. The maximum absolute atomic E-state index is 5.90. The van der Waals surface area contributed by atoms with E-state index in [1.165, 1.54) is 0 Å². The molecule has 0 amide bonds. The van der Waals surface area contributed by atoms with Gasteiger partial charge in [0.1, 0.15) is 5.75 Å². The molecule has 0 saturated carbocycles. The number of hydrogen-bond acceptors (Lipinski definition) is 2. The van der Waals surface area contributed by atoms with E-state index < -0.39 is 0 Å². The number of nitrogens with zero attached hydrogens (tertiary/aromatic N) is 1. The Kier molecular flexibility index (Phi) is 4.46. The zero-order chi connectivity index (χ0) is 14.7. The van der Waals surface area contributed by atoms with Crippen molar-refractivity contribution < 1.29 is 4.74 Å². The van der Waals surface area contributed by atoms with Gasteiger partial charge in [-0.25, -0.2) is 0 Å². The number of aryl methyl sites for hydroxylation is 2. The molecule has 2 aromatic carbocycles. The molecule has 0 saturated heterocycles. The highest BCUT2D eigenvalue weighted by molar-refractivity contribution is 6.30. The normalized spacial score (nSPS) is 11.6. The molecule has 0 bridgehead atoms. The summed E-state index contributed by atoms with van der Waals surface area (Å²) in [5.41, 5.74) is 5.16. The average Bonchev–Trinajstić information content (AvgIpc) is 2.39. The van der Waals surface area contributed by atoms with Crippen LogP contribution in [0.25, 0.3) is 0 Å². The Bertz CT molecular complexity index is 622. The molecule has 0 heterocycles. The summed E-state index contributed by atoms with van der Waals surface area (Å²) in [5.74, 6) is 0.924. The molecule has 0 N–H and O–H groups in total. The maximum Gasteiger partial charge on any atom is 0.124 e. The van der Waals surface area contributed by atoms with Gasteiger partial charge in [-0.3, -0.25) is 4.99 Å². The summed E-state index contributed by atoms with van der Waals surface area (Å²) < 4.78 is 5.37. The summed E-state index contributed by atoms with van der Waals surface area (Å²) in [7, 11) is 1.69. The molecule has 3 heteroatoms. The Morgan fingerprint density at radius 1 is 1.05 bits per heavy atom. The fraction of sp³-hybridized carbons (Fsp3) is 0.235. The lowest BCUT2D eigenvalue weighted by molar-refractivity contribution is 0.408. The molecule has 20 heavy (non-hydrogen) atoms. The monoisotopic (exact) mass is 287 g/mol. The molecule has 0 aliphatic rings. The largest absolute Gasteiger partial charge is 0.496 e. The minimum absolute atomic E-state index is 0.734. The molecule has 0 radical (unpaired) electrons. The topological polar surface area (TPSA) is 21.6 Å². The SMILES string of the molecule is COc1c(C)cc(N=C(C)c2ccc(Cl)cc2)cc1C. The Balaban J connectivity index is 2.37. The van der Waals surface area contributed by atoms with Crippen LogP contribution < -0.4 is 4.74 Å². The van der Waals surface area contributed by atoms with Crippen molar-refractivity contribution in [2.24, 2.45) is 4.99 Å². The van der Waals surface area contributed by atoms with Gasteiger partial charge in [-0.05, 0) is 61.7 Å². The lowest BCUT2D eigenvalue weighted by Crippen LogP contribution is -1.94. The summed E-state index contributed by atoms with van der Waals surface area (Å²) in [4.78, 5) is 4.67. The molecule has 0 fully saturated rings. The first kappa shape index (κ1) is 14.6. The van der Waals surface area contributed by atoms with Crippen LogP contribution in [-0.2, 0) is 0 Å². The fourth-order valence-electron chi connectivity index (χ4n) is 2.26. The Morgan fingerprint density at radius 3 is 2.10 bits per heavy atom. The molecule has 2 rings (SSSR count). The molecular formula is C17H18ClNO. The number of hydrogen-bond donors (Lipinski definition) is 0. The van der Waals surface area contributed by atoms with Gasteiger partial charge in [-0.2, -0.15) is 0 Å². The van der Waals surface area contributed by atoms with Crippen molar-refractivity contribution in [1.29, 1.82) is 0 Å². The van der Waals surface area contributed by atoms with Gasteiger partial charge in [-0.15, -0.1) is 0 Å². The molecule has 0 aromatic heterocycles. The van der Waals surface area contributed by atoms with E-state index in [0.717, 1.165) is 38.9 Å². The summed E-state index contributed by atoms with van der Waals surface area (Å²) in [6.45, 7) is 6.06. The van der Waals surface area contributed by atoms with Crippen molar-refractivity contribution in [3.8, 4) is 5.75 Å². The Morgan fingerprint density at radius 2 is 1.60 bits per heavy atom. The van der Waals surface area contributed by atoms with Gasteiger partial charge >= 0.3 is 0 Å². The predicted molar refractivity (Wildman–Crippen MR) is 85.8 cm³/mol. The highest BCUT2D eigenvalue weighted by Gasteiger charge is 2.05. The van der Waals surface area contributed by atoms with E-state index in [2.05, 4.69) is 4.99 Å². The van der Waals surface area contributed by atoms with Gasteiger partial charge in [0.15, 0.2) is 0 Å². The quantitative estimate of drug-likeness (QED) is 0.719. The van der Waals surface area contributed by atoms with Crippen LogP contribution >= 0.6 is 11.6 Å². The van der Waals surface area contributed by atoms with Crippen molar-refractivity contribution in [2.45, 2.75) is 20.8 Å². The minimum atomic E-state index is 0.734. The first-order valence-corrected chi connectivity index (χ1v) is 6.85. The summed E-state index contributed by atoms with van der Waals surface area (Å²) in [5, 5.41) is 0.734. The van der Waals surface area contributed by atoms with Crippen LogP contribution in [0.15, 0.2) is 41.4 Å². The number of ether oxygens (including phenoxy) is 1. The predicted octanol–water partition coefficient (Wildman–Crippen LogP) is 5.11. The van der Waals surface area contributed by atoms with Crippen LogP contribution in [0.1, 0.15) is 23.6 Å². The lowest BCUT2D eigenvalue weighted by Gasteiger charge is -2.10.